The number of rotatable bonds is 5. The standard InChI is InChI=1S/C27H21ClFN5O2/c1-4-20-17-10-14(11-21(36-5-2)22(17)27(35)33-32-20)19-13-31-34(3)26(19)23-18(12-30)15-8-6-7-9-16(15)24(28)25(23)29/h6-11,13H,4-5H2,1-3H3,(H,33,35). The van der Waals surface area contributed by atoms with E-state index in [9.17, 15) is 10.1 Å². The van der Waals surface area contributed by atoms with Crippen LogP contribution in [0.2, 0.25) is 5.02 Å². The third-order valence-corrected chi connectivity index (χ3v) is 6.63. The molecule has 5 rings (SSSR count). The summed E-state index contributed by atoms with van der Waals surface area (Å²) in [7, 11) is 1.68. The lowest BCUT2D eigenvalue weighted by Crippen LogP contribution is -2.12. The molecule has 0 saturated heterocycles. The van der Waals surface area contributed by atoms with Gasteiger partial charge in [0.25, 0.3) is 5.56 Å². The Morgan fingerprint density at radius 2 is 1.94 bits per heavy atom. The van der Waals surface area contributed by atoms with E-state index in [4.69, 9.17) is 16.3 Å². The molecule has 0 aliphatic carbocycles. The summed E-state index contributed by atoms with van der Waals surface area (Å²) in [6.07, 6.45) is 2.18. The first-order chi connectivity index (χ1) is 17.4. The number of nitriles is 1. The Kier molecular flexibility index (Phi) is 5.94. The molecule has 0 aliphatic heterocycles. The molecule has 7 nitrogen and oxygen atoms in total. The van der Waals surface area contributed by atoms with Crippen LogP contribution in [0.5, 0.6) is 5.75 Å². The third-order valence-electron chi connectivity index (χ3n) is 6.26. The lowest BCUT2D eigenvalue weighted by atomic mass is 9.92. The van der Waals surface area contributed by atoms with Crippen molar-refractivity contribution >= 4 is 33.1 Å². The van der Waals surface area contributed by atoms with Crippen molar-refractivity contribution in [3.8, 4) is 34.2 Å². The highest BCUT2D eigenvalue weighted by molar-refractivity contribution is 6.36. The normalized spacial score (nSPS) is 11.2. The maximum absolute atomic E-state index is 15.8. The minimum atomic E-state index is -0.699. The second-order valence-corrected chi connectivity index (χ2v) is 8.63. The van der Waals surface area contributed by atoms with Crippen molar-refractivity contribution in [2.45, 2.75) is 20.3 Å². The Bertz CT molecular complexity index is 1770. The van der Waals surface area contributed by atoms with Gasteiger partial charge in [-0.15, -0.1) is 0 Å². The molecular formula is C27H21ClFN5O2. The van der Waals surface area contributed by atoms with E-state index in [2.05, 4.69) is 21.4 Å². The molecule has 0 bridgehead atoms. The molecule has 0 saturated carbocycles. The second-order valence-electron chi connectivity index (χ2n) is 8.25. The number of hydrogen-bond acceptors (Lipinski definition) is 5. The number of hydrogen-bond donors (Lipinski definition) is 1. The number of ether oxygens (including phenoxy) is 1. The summed E-state index contributed by atoms with van der Waals surface area (Å²) in [5.74, 6) is -0.314. The van der Waals surface area contributed by atoms with E-state index < -0.39 is 5.82 Å². The molecule has 0 aliphatic rings. The number of benzene rings is 3. The number of halogens is 2. The van der Waals surface area contributed by atoms with E-state index >= 15 is 4.39 Å². The average molecular weight is 502 g/mol. The Hall–Kier alpha value is -4.22. The number of nitrogens with one attached hydrogen (secondary N) is 1. The summed E-state index contributed by atoms with van der Waals surface area (Å²) in [4.78, 5) is 12.7. The highest BCUT2D eigenvalue weighted by atomic mass is 35.5. The molecule has 2 heterocycles. The first kappa shape index (κ1) is 23.5. The molecule has 9 heteroatoms. The minimum absolute atomic E-state index is 0.0639. The van der Waals surface area contributed by atoms with Crippen molar-refractivity contribution in [2.75, 3.05) is 6.61 Å². The quantitative estimate of drug-likeness (QED) is 0.330. The molecule has 0 spiro atoms. The van der Waals surface area contributed by atoms with E-state index in [0.717, 1.165) is 0 Å². The molecule has 5 aromatic rings. The first-order valence-electron chi connectivity index (χ1n) is 11.4. The van der Waals surface area contributed by atoms with Gasteiger partial charge in [0.2, 0.25) is 0 Å². The van der Waals surface area contributed by atoms with Crippen LogP contribution in [0, 0.1) is 17.1 Å². The van der Waals surface area contributed by atoms with E-state index in [1.54, 1.807) is 43.6 Å². The number of aromatic nitrogens is 4. The molecule has 36 heavy (non-hydrogen) atoms. The average Bonchev–Trinajstić information content (AvgIpc) is 3.27. The van der Waals surface area contributed by atoms with Gasteiger partial charge in [0, 0.05) is 28.8 Å². The summed E-state index contributed by atoms with van der Waals surface area (Å²) in [5, 5.41) is 23.2. The van der Waals surface area contributed by atoms with Crippen molar-refractivity contribution in [1.29, 1.82) is 5.26 Å². The Labute approximate surface area is 210 Å². The van der Waals surface area contributed by atoms with E-state index in [1.807, 2.05) is 19.9 Å². The van der Waals surface area contributed by atoms with Crippen LogP contribution in [-0.4, -0.2) is 26.6 Å². The second kappa shape index (κ2) is 9.10. The van der Waals surface area contributed by atoms with Gasteiger partial charge in [-0.3, -0.25) is 9.48 Å². The van der Waals surface area contributed by atoms with E-state index in [1.165, 1.54) is 4.68 Å². The van der Waals surface area contributed by atoms with Crippen LogP contribution in [0.1, 0.15) is 25.1 Å². The highest BCUT2D eigenvalue weighted by Gasteiger charge is 2.26. The van der Waals surface area contributed by atoms with Gasteiger partial charge < -0.3 is 4.74 Å². The molecule has 0 fully saturated rings. The van der Waals surface area contributed by atoms with Crippen LogP contribution in [0.3, 0.4) is 0 Å². The lowest BCUT2D eigenvalue weighted by molar-refractivity contribution is 0.344. The van der Waals surface area contributed by atoms with Crippen molar-refractivity contribution in [3.63, 3.8) is 0 Å². The van der Waals surface area contributed by atoms with Crippen molar-refractivity contribution in [3.05, 3.63) is 75.0 Å². The Morgan fingerprint density at radius 1 is 1.19 bits per heavy atom. The van der Waals surface area contributed by atoms with Gasteiger partial charge >= 0.3 is 0 Å². The van der Waals surface area contributed by atoms with Gasteiger partial charge in [0.15, 0.2) is 5.82 Å². The molecular weight excluding hydrogens is 481 g/mol. The van der Waals surface area contributed by atoms with Crippen molar-refractivity contribution < 1.29 is 9.13 Å². The molecule has 0 radical (unpaired) electrons. The lowest BCUT2D eigenvalue weighted by Gasteiger charge is -2.15. The van der Waals surface area contributed by atoms with Gasteiger partial charge in [-0.25, -0.2) is 9.49 Å². The smallest absolute Gasteiger partial charge is 0.275 e. The fourth-order valence-electron chi connectivity index (χ4n) is 4.65. The van der Waals surface area contributed by atoms with Crippen molar-refractivity contribution in [2.24, 2.45) is 7.05 Å². The molecule has 0 unspecified atom stereocenters. The van der Waals surface area contributed by atoms with Crippen LogP contribution >= 0.6 is 11.6 Å². The van der Waals surface area contributed by atoms with E-state index in [-0.39, 0.29) is 21.7 Å². The van der Waals surface area contributed by atoms with Crippen LogP contribution in [0.25, 0.3) is 43.9 Å². The fourth-order valence-corrected chi connectivity index (χ4v) is 4.91. The molecule has 2 aromatic heterocycles. The van der Waals surface area contributed by atoms with Gasteiger partial charge in [0.1, 0.15) is 11.8 Å². The number of aromatic amines is 1. The minimum Gasteiger partial charge on any atom is -0.493 e. The zero-order valence-electron chi connectivity index (χ0n) is 19.8. The van der Waals surface area contributed by atoms with Crippen LogP contribution in [0.15, 0.2) is 47.4 Å². The van der Waals surface area contributed by atoms with Crippen LogP contribution < -0.4 is 10.3 Å². The molecule has 0 amide bonds. The first-order valence-corrected chi connectivity index (χ1v) is 11.8. The molecule has 1 N–H and O–H groups in total. The zero-order valence-corrected chi connectivity index (χ0v) is 20.6. The summed E-state index contributed by atoms with van der Waals surface area (Å²) < 4.78 is 23.2. The monoisotopic (exact) mass is 501 g/mol. The fraction of sp³-hybridized carbons (Fsp3) is 0.185. The predicted octanol–water partition coefficient (Wildman–Crippen LogP) is 5.77. The number of fused-ring (bicyclic) bond motifs is 2. The highest BCUT2D eigenvalue weighted by Crippen LogP contribution is 2.43. The number of nitrogens with zero attached hydrogens (tertiary/aromatic N) is 4. The third kappa shape index (κ3) is 3.51. The largest absolute Gasteiger partial charge is 0.493 e. The maximum Gasteiger partial charge on any atom is 0.275 e. The summed E-state index contributed by atoms with van der Waals surface area (Å²) >= 11 is 6.45. The summed E-state index contributed by atoms with van der Waals surface area (Å²) in [6, 6.07) is 12.7. The van der Waals surface area contributed by atoms with E-state index in [0.29, 0.717) is 62.8 Å². The SMILES string of the molecule is CCOc1cc(-c2cnn(C)c2-c2c(F)c(Cl)c3ccccc3c2C#N)cc2c(CC)n[nH]c(=O)c12. The Morgan fingerprint density at radius 3 is 2.64 bits per heavy atom. The summed E-state index contributed by atoms with van der Waals surface area (Å²) in [5.41, 5.74) is 2.14. The predicted molar refractivity (Wildman–Crippen MR) is 138 cm³/mol. The molecule has 3 aromatic carbocycles. The topological polar surface area (TPSA) is 96.6 Å². The summed E-state index contributed by atoms with van der Waals surface area (Å²) in [6.45, 7) is 4.11. The van der Waals surface area contributed by atoms with Gasteiger partial charge in [-0.2, -0.15) is 15.5 Å². The molecule has 0 atom stereocenters. The molecule has 180 valence electrons. The Balaban J connectivity index is 1.88. The maximum atomic E-state index is 15.8. The number of aryl methyl sites for hydroxylation is 2. The van der Waals surface area contributed by atoms with Crippen molar-refractivity contribution in [1.82, 2.24) is 20.0 Å². The number of H-pyrrole nitrogens is 1. The zero-order chi connectivity index (χ0) is 25.6. The van der Waals surface area contributed by atoms with Crippen LogP contribution in [-0.2, 0) is 13.5 Å². The van der Waals surface area contributed by atoms with Gasteiger partial charge in [-0.1, -0.05) is 42.8 Å². The van der Waals surface area contributed by atoms with Crippen LogP contribution in [0.4, 0.5) is 4.39 Å². The van der Waals surface area contributed by atoms with Gasteiger partial charge in [-0.05, 0) is 31.0 Å². The van der Waals surface area contributed by atoms with Gasteiger partial charge in [0.05, 0.1) is 45.7 Å².